The second kappa shape index (κ2) is 7.78. The molecule has 0 heterocycles. The molecule has 1 unspecified atom stereocenters. The fourth-order valence-electron chi connectivity index (χ4n) is 1.57. The molecule has 0 aliphatic carbocycles. The standard InChI is InChI=1S/C15H16F3NOS2/c1-4-10-6-11(5-2)13(22-8-15(16,17)18)7-12(10)19-14(20)9(3)21/h4-7,9,21H,1-2,8H2,3H3,(H,19,20). The second-order valence-corrected chi connectivity index (χ2v) is 6.25. The molecule has 0 aliphatic heterocycles. The molecule has 0 saturated heterocycles. The summed E-state index contributed by atoms with van der Waals surface area (Å²) in [5, 5.41) is 2.10. The Morgan fingerprint density at radius 1 is 1.36 bits per heavy atom. The molecule has 0 aromatic heterocycles. The van der Waals surface area contributed by atoms with Crippen LogP contribution in [0.1, 0.15) is 18.1 Å². The van der Waals surface area contributed by atoms with Crippen LogP contribution in [0.25, 0.3) is 12.2 Å². The average Bonchev–Trinajstić information content (AvgIpc) is 2.44. The Hall–Kier alpha value is -1.34. The van der Waals surface area contributed by atoms with E-state index in [1.165, 1.54) is 18.2 Å². The van der Waals surface area contributed by atoms with E-state index in [0.29, 0.717) is 33.5 Å². The molecule has 22 heavy (non-hydrogen) atoms. The van der Waals surface area contributed by atoms with Gasteiger partial charge in [0.2, 0.25) is 5.91 Å². The van der Waals surface area contributed by atoms with Gasteiger partial charge in [-0.3, -0.25) is 4.79 Å². The lowest BCUT2D eigenvalue weighted by molar-refractivity contribution is -0.115. The SMILES string of the molecule is C=Cc1cc(C=C)c(SCC(F)(F)F)cc1NC(=O)C(C)S. The van der Waals surface area contributed by atoms with Gasteiger partial charge in [-0.2, -0.15) is 25.8 Å². The Bertz CT molecular complexity index is 583. The molecule has 2 nitrogen and oxygen atoms in total. The van der Waals surface area contributed by atoms with Gasteiger partial charge >= 0.3 is 6.18 Å². The van der Waals surface area contributed by atoms with Crippen LogP contribution >= 0.6 is 24.4 Å². The first-order chi connectivity index (χ1) is 10.2. The normalized spacial score (nSPS) is 12.6. The zero-order valence-electron chi connectivity index (χ0n) is 11.9. The number of amides is 1. The van der Waals surface area contributed by atoms with Crippen molar-refractivity contribution in [2.75, 3.05) is 11.1 Å². The maximum Gasteiger partial charge on any atom is 0.398 e. The number of benzene rings is 1. The fourth-order valence-corrected chi connectivity index (χ4v) is 2.47. The predicted octanol–water partition coefficient (Wildman–Crippen LogP) is 4.88. The molecular weight excluding hydrogens is 331 g/mol. The summed E-state index contributed by atoms with van der Waals surface area (Å²) < 4.78 is 37.2. The monoisotopic (exact) mass is 347 g/mol. The van der Waals surface area contributed by atoms with Crippen LogP contribution in [0.4, 0.5) is 18.9 Å². The van der Waals surface area contributed by atoms with Gasteiger partial charge < -0.3 is 5.32 Å². The molecule has 0 aliphatic rings. The van der Waals surface area contributed by atoms with Crippen LogP contribution in [0.3, 0.4) is 0 Å². The van der Waals surface area contributed by atoms with Crippen LogP contribution in [0.15, 0.2) is 30.2 Å². The number of halogens is 3. The Labute approximate surface area is 137 Å². The minimum absolute atomic E-state index is 0.343. The summed E-state index contributed by atoms with van der Waals surface area (Å²) in [7, 11) is 0. The van der Waals surface area contributed by atoms with Crippen LogP contribution in [-0.4, -0.2) is 23.1 Å². The highest BCUT2D eigenvalue weighted by Crippen LogP contribution is 2.34. The van der Waals surface area contributed by atoms with Crippen molar-refractivity contribution in [3.05, 3.63) is 36.4 Å². The number of hydrogen-bond acceptors (Lipinski definition) is 3. The molecule has 1 amide bonds. The summed E-state index contributed by atoms with van der Waals surface area (Å²) in [6.07, 6.45) is -1.29. The minimum atomic E-state index is -4.27. The number of alkyl halides is 3. The Kier molecular flexibility index (Phi) is 6.62. The molecule has 0 spiro atoms. The van der Waals surface area contributed by atoms with E-state index in [1.807, 2.05) is 0 Å². The predicted molar refractivity (Wildman–Crippen MR) is 90.5 cm³/mol. The number of nitrogens with one attached hydrogen (secondary N) is 1. The molecule has 0 fully saturated rings. The molecular formula is C15H16F3NOS2. The number of carbonyl (C=O) groups is 1. The van der Waals surface area contributed by atoms with E-state index in [-0.39, 0.29) is 5.91 Å². The molecule has 0 bridgehead atoms. The van der Waals surface area contributed by atoms with Gasteiger partial charge in [0.1, 0.15) is 0 Å². The van der Waals surface area contributed by atoms with E-state index in [1.54, 1.807) is 13.0 Å². The molecule has 1 N–H and O–H groups in total. The molecule has 0 radical (unpaired) electrons. The van der Waals surface area contributed by atoms with Crippen molar-refractivity contribution in [3.63, 3.8) is 0 Å². The number of thioether (sulfide) groups is 1. The number of rotatable bonds is 6. The quantitative estimate of drug-likeness (QED) is 0.567. The molecule has 7 heteroatoms. The van der Waals surface area contributed by atoms with Crippen LogP contribution in [0.2, 0.25) is 0 Å². The topological polar surface area (TPSA) is 29.1 Å². The molecule has 1 aromatic rings. The van der Waals surface area contributed by atoms with Crippen LogP contribution in [0.5, 0.6) is 0 Å². The molecule has 1 aromatic carbocycles. The summed E-state index contributed by atoms with van der Waals surface area (Å²) in [6, 6.07) is 3.13. The van der Waals surface area contributed by atoms with Crippen molar-refractivity contribution in [3.8, 4) is 0 Å². The average molecular weight is 347 g/mol. The Balaban J connectivity index is 3.17. The van der Waals surface area contributed by atoms with E-state index < -0.39 is 17.2 Å². The molecule has 0 saturated carbocycles. The van der Waals surface area contributed by atoms with Gasteiger partial charge in [-0.05, 0) is 30.2 Å². The van der Waals surface area contributed by atoms with Crippen molar-refractivity contribution in [1.82, 2.24) is 0 Å². The van der Waals surface area contributed by atoms with E-state index in [9.17, 15) is 18.0 Å². The minimum Gasteiger partial charge on any atom is -0.325 e. The Morgan fingerprint density at radius 2 is 1.95 bits per heavy atom. The number of carbonyl (C=O) groups excluding carboxylic acids is 1. The summed E-state index contributed by atoms with van der Waals surface area (Å²) in [5.74, 6) is -1.36. The zero-order chi connectivity index (χ0) is 16.9. The van der Waals surface area contributed by atoms with Gasteiger partial charge in [-0.25, -0.2) is 0 Å². The first-order valence-corrected chi connectivity index (χ1v) is 7.79. The summed E-state index contributed by atoms with van der Waals surface area (Å²) in [6.45, 7) is 8.85. The molecule has 1 atom stereocenters. The first kappa shape index (κ1) is 18.7. The highest BCUT2D eigenvalue weighted by atomic mass is 32.2. The zero-order valence-corrected chi connectivity index (χ0v) is 13.6. The van der Waals surface area contributed by atoms with Gasteiger partial charge in [-0.1, -0.05) is 25.3 Å². The van der Waals surface area contributed by atoms with Gasteiger partial charge in [0.15, 0.2) is 0 Å². The van der Waals surface area contributed by atoms with Gasteiger partial charge in [0, 0.05) is 10.6 Å². The molecule has 1 rings (SSSR count). The van der Waals surface area contributed by atoms with Crippen molar-refractivity contribution in [1.29, 1.82) is 0 Å². The largest absolute Gasteiger partial charge is 0.398 e. The second-order valence-electron chi connectivity index (χ2n) is 4.45. The van der Waals surface area contributed by atoms with E-state index in [4.69, 9.17) is 0 Å². The first-order valence-electron chi connectivity index (χ1n) is 6.29. The highest BCUT2D eigenvalue weighted by Gasteiger charge is 2.27. The summed E-state index contributed by atoms with van der Waals surface area (Å²) in [4.78, 5) is 12.1. The third-order valence-electron chi connectivity index (χ3n) is 2.65. The van der Waals surface area contributed by atoms with E-state index >= 15 is 0 Å². The fraction of sp³-hybridized carbons (Fsp3) is 0.267. The lowest BCUT2D eigenvalue weighted by Crippen LogP contribution is -2.21. The third kappa shape index (κ3) is 5.46. The maximum absolute atomic E-state index is 12.4. The van der Waals surface area contributed by atoms with Crippen molar-refractivity contribution < 1.29 is 18.0 Å². The Morgan fingerprint density at radius 3 is 2.41 bits per heavy atom. The van der Waals surface area contributed by atoms with Gasteiger partial charge in [0.05, 0.1) is 11.0 Å². The summed E-state index contributed by atoms with van der Waals surface area (Å²) >= 11 is 4.67. The lowest BCUT2D eigenvalue weighted by Gasteiger charge is -2.15. The number of thiol groups is 1. The number of anilines is 1. The van der Waals surface area contributed by atoms with Crippen LogP contribution in [-0.2, 0) is 4.79 Å². The van der Waals surface area contributed by atoms with E-state index in [0.717, 1.165) is 0 Å². The van der Waals surface area contributed by atoms with Gasteiger partial charge in [-0.15, -0.1) is 11.8 Å². The van der Waals surface area contributed by atoms with Crippen LogP contribution < -0.4 is 5.32 Å². The van der Waals surface area contributed by atoms with Gasteiger partial charge in [0.25, 0.3) is 0 Å². The van der Waals surface area contributed by atoms with Crippen molar-refractivity contribution >= 4 is 48.1 Å². The maximum atomic E-state index is 12.4. The van der Waals surface area contributed by atoms with Crippen molar-refractivity contribution in [2.45, 2.75) is 23.2 Å². The van der Waals surface area contributed by atoms with Crippen LogP contribution in [0, 0.1) is 0 Å². The highest BCUT2D eigenvalue weighted by molar-refractivity contribution is 7.99. The lowest BCUT2D eigenvalue weighted by atomic mass is 10.1. The number of hydrogen-bond donors (Lipinski definition) is 2. The third-order valence-corrected chi connectivity index (χ3v) is 4.02. The summed E-state index contributed by atoms with van der Waals surface area (Å²) in [5.41, 5.74) is 1.56. The molecule has 120 valence electrons. The smallest absolute Gasteiger partial charge is 0.325 e. The van der Waals surface area contributed by atoms with Crippen molar-refractivity contribution in [2.24, 2.45) is 0 Å². The van der Waals surface area contributed by atoms with E-state index in [2.05, 4.69) is 31.1 Å².